The van der Waals surface area contributed by atoms with Crippen molar-refractivity contribution in [3.05, 3.63) is 72.9 Å². The average molecular weight is 862 g/mol. The molecule has 0 aromatic rings. The number of hydrogen-bond donors (Lipinski definition) is 0. The number of carbonyl (C=O) groups is 1. The fraction of sp³-hybridized carbons (Fsp3) is 0.745. The first-order valence-corrected chi connectivity index (χ1v) is 25.6. The standard InChI is InChI=1S/C51H92NO7P/c1-6-8-10-12-14-16-18-20-22-24-25-26-27-28-30-32-34-36-38-40-42-44-51(53)59-50(49-58-60(54,55)57-47-45-52(3,4)5)48-56-46-43-41-39-37-35-33-31-29-23-21-19-17-15-13-11-9-7-2/h8,10,14,16,20,22,25-26,28,30,34,36,50H,6-7,9,11-13,15,17-19,21,23-24,27,29,31-33,35,37-49H2,1-5H3/b10-8-,16-14-,22-20-,26-25-,30-28-,36-34-. The van der Waals surface area contributed by atoms with Crippen molar-refractivity contribution in [1.82, 2.24) is 0 Å². The summed E-state index contributed by atoms with van der Waals surface area (Å²) in [7, 11) is 1.32. The second kappa shape index (κ2) is 43.6. The van der Waals surface area contributed by atoms with Crippen molar-refractivity contribution in [3.8, 4) is 0 Å². The number of phosphoric acid groups is 1. The Morgan fingerprint density at radius 3 is 1.42 bits per heavy atom. The molecule has 0 fully saturated rings. The van der Waals surface area contributed by atoms with Gasteiger partial charge in [0.2, 0.25) is 0 Å². The summed E-state index contributed by atoms with van der Waals surface area (Å²) in [5.74, 6) is -0.376. The number of carbonyl (C=O) groups excluding carboxylic acids is 1. The Bertz CT molecular complexity index is 1190. The van der Waals surface area contributed by atoms with E-state index in [2.05, 4.69) is 86.8 Å². The predicted molar refractivity (Wildman–Crippen MR) is 254 cm³/mol. The van der Waals surface area contributed by atoms with Crippen LogP contribution in [0.15, 0.2) is 72.9 Å². The van der Waals surface area contributed by atoms with Gasteiger partial charge in [0.25, 0.3) is 7.82 Å². The molecule has 0 aliphatic carbocycles. The minimum atomic E-state index is -4.54. The first kappa shape index (κ1) is 57.9. The van der Waals surface area contributed by atoms with Crippen molar-refractivity contribution in [2.45, 2.75) is 193 Å². The van der Waals surface area contributed by atoms with E-state index in [0.717, 1.165) is 64.2 Å². The number of allylic oxidation sites excluding steroid dienone is 12. The van der Waals surface area contributed by atoms with E-state index in [1.807, 2.05) is 21.1 Å². The van der Waals surface area contributed by atoms with Crippen LogP contribution in [0.4, 0.5) is 0 Å². The highest BCUT2D eigenvalue weighted by molar-refractivity contribution is 7.45. The number of nitrogens with zero attached hydrogens (tertiary/aromatic N) is 1. The lowest BCUT2D eigenvalue weighted by Gasteiger charge is -2.28. The summed E-state index contributed by atoms with van der Waals surface area (Å²) >= 11 is 0. The molecule has 2 atom stereocenters. The summed E-state index contributed by atoms with van der Waals surface area (Å²) in [6.07, 6.45) is 56.4. The maximum Gasteiger partial charge on any atom is 0.306 e. The van der Waals surface area contributed by atoms with Crippen molar-refractivity contribution in [3.63, 3.8) is 0 Å². The van der Waals surface area contributed by atoms with Gasteiger partial charge < -0.3 is 27.9 Å². The van der Waals surface area contributed by atoms with Crippen LogP contribution in [0.3, 0.4) is 0 Å². The zero-order valence-electron chi connectivity index (χ0n) is 39.4. The number of unbranched alkanes of at least 4 members (excludes halogenated alkanes) is 18. The molecule has 0 bridgehead atoms. The summed E-state index contributed by atoms with van der Waals surface area (Å²) < 4.78 is 34.6. The highest BCUT2D eigenvalue weighted by Crippen LogP contribution is 2.38. The minimum Gasteiger partial charge on any atom is -0.756 e. The number of esters is 1. The molecule has 0 aliphatic rings. The molecular weight excluding hydrogens is 770 g/mol. The normalized spacial score (nSPS) is 14.3. The minimum absolute atomic E-state index is 0.0152. The van der Waals surface area contributed by atoms with Crippen LogP contribution in [0.5, 0.6) is 0 Å². The van der Waals surface area contributed by atoms with Crippen LogP contribution in [-0.4, -0.2) is 70.7 Å². The second-order valence-corrected chi connectivity index (χ2v) is 18.5. The maximum atomic E-state index is 12.7. The number of hydrogen-bond acceptors (Lipinski definition) is 7. The molecule has 348 valence electrons. The van der Waals surface area contributed by atoms with Crippen LogP contribution < -0.4 is 4.89 Å². The molecule has 0 radical (unpaired) electrons. The highest BCUT2D eigenvalue weighted by Gasteiger charge is 2.20. The summed E-state index contributed by atoms with van der Waals surface area (Å²) in [5.41, 5.74) is 0. The van der Waals surface area contributed by atoms with Crippen LogP contribution in [0.25, 0.3) is 0 Å². The fourth-order valence-corrected chi connectivity index (χ4v) is 7.04. The molecule has 2 unspecified atom stereocenters. The Hall–Kier alpha value is -2.06. The number of ether oxygens (including phenoxy) is 2. The van der Waals surface area contributed by atoms with Gasteiger partial charge in [-0.05, 0) is 64.2 Å². The van der Waals surface area contributed by atoms with E-state index in [1.54, 1.807) is 0 Å². The van der Waals surface area contributed by atoms with Crippen molar-refractivity contribution >= 4 is 13.8 Å². The maximum absolute atomic E-state index is 12.7. The first-order chi connectivity index (χ1) is 29.1. The van der Waals surface area contributed by atoms with Gasteiger partial charge in [-0.2, -0.15) is 0 Å². The van der Waals surface area contributed by atoms with E-state index >= 15 is 0 Å². The third-order valence-electron chi connectivity index (χ3n) is 10.0. The summed E-state index contributed by atoms with van der Waals surface area (Å²) in [6.45, 7) is 5.25. The van der Waals surface area contributed by atoms with E-state index in [-0.39, 0.29) is 32.2 Å². The lowest BCUT2D eigenvalue weighted by molar-refractivity contribution is -0.870. The molecule has 0 rings (SSSR count). The van der Waals surface area contributed by atoms with Crippen molar-refractivity contribution < 1.29 is 37.3 Å². The zero-order chi connectivity index (χ0) is 44.1. The van der Waals surface area contributed by atoms with Gasteiger partial charge in [0.15, 0.2) is 0 Å². The smallest absolute Gasteiger partial charge is 0.306 e. The molecular formula is C51H92NO7P. The molecule has 0 aromatic carbocycles. The van der Waals surface area contributed by atoms with Gasteiger partial charge in [-0.25, -0.2) is 0 Å². The topological polar surface area (TPSA) is 94.1 Å². The summed E-state index contributed by atoms with van der Waals surface area (Å²) in [4.78, 5) is 25.1. The van der Waals surface area contributed by atoms with E-state index in [4.69, 9.17) is 18.5 Å². The Morgan fingerprint density at radius 1 is 0.533 bits per heavy atom. The average Bonchev–Trinajstić information content (AvgIpc) is 3.20. The number of likely N-dealkylation sites (N-methyl/N-ethyl adjacent to an activating group) is 1. The molecule has 0 heterocycles. The second-order valence-electron chi connectivity index (χ2n) is 17.1. The van der Waals surface area contributed by atoms with Gasteiger partial charge in [0.1, 0.15) is 19.3 Å². The van der Waals surface area contributed by atoms with Gasteiger partial charge in [-0.15, -0.1) is 0 Å². The van der Waals surface area contributed by atoms with E-state index in [1.165, 1.54) is 96.3 Å². The largest absolute Gasteiger partial charge is 0.756 e. The number of quaternary nitrogens is 1. The fourth-order valence-electron chi connectivity index (χ4n) is 6.31. The van der Waals surface area contributed by atoms with Gasteiger partial charge in [-0.1, -0.05) is 189 Å². The van der Waals surface area contributed by atoms with E-state index in [0.29, 0.717) is 24.1 Å². The Kier molecular flexibility index (Phi) is 42.1. The van der Waals surface area contributed by atoms with Crippen LogP contribution >= 0.6 is 7.82 Å². The van der Waals surface area contributed by atoms with Crippen molar-refractivity contribution in [2.24, 2.45) is 0 Å². The Balaban J connectivity index is 4.28. The Labute approximate surface area is 370 Å². The third-order valence-corrected chi connectivity index (χ3v) is 11.0. The lowest BCUT2D eigenvalue weighted by atomic mass is 10.0. The van der Waals surface area contributed by atoms with Crippen molar-refractivity contribution in [1.29, 1.82) is 0 Å². The monoisotopic (exact) mass is 862 g/mol. The molecule has 0 spiro atoms. The molecule has 0 aromatic heterocycles. The predicted octanol–water partition coefficient (Wildman–Crippen LogP) is 14.0. The molecule has 0 saturated carbocycles. The van der Waals surface area contributed by atoms with Crippen LogP contribution in [0.2, 0.25) is 0 Å². The third kappa shape index (κ3) is 47.0. The van der Waals surface area contributed by atoms with Gasteiger partial charge >= 0.3 is 5.97 Å². The van der Waals surface area contributed by atoms with Gasteiger partial charge in [0.05, 0.1) is 34.4 Å². The SMILES string of the molecule is CC/C=C\C/C=C\C/C=C\C/C=C\C/C=C\C/C=C\CCCCC(=O)OC(COCCCCCCCCCCCCCCCCCCC)COP(=O)([O-])OCC[N+](C)(C)C. The molecule has 60 heavy (non-hydrogen) atoms. The zero-order valence-corrected chi connectivity index (χ0v) is 40.3. The molecule has 0 amide bonds. The first-order valence-electron chi connectivity index (χ1n) is 24.2. The van der Waals surface area contributed by atoms with E-state index < -0.39 is 13.9 Å². The molecule has 8 nitrogen and oxygen atoms in total. The quantitative estimate of drug-likeness (QED) is 0.0198. The van der Waals surface area contributed by atoms with Crippen LogP contribution in [0.1, 0.15) is 187 Å². The number of phosphoric ester groups is 1. The Morgan fingerprint density at radius 2 is 0.967 bits per heavy atom. The van der Waals surface area contributed by atoms with Crippen LogP contribution in [-0.2, 0) is 27.9 Å². The highest BCUT2D eigenvalue weighted by atomic mass is 31.2. The lowest BCUT2D eigenvalue weighted by Crippen LogP contribution is -2.37. The van der Waals surface area contributed by atoms with E-state index in [9.17, 15) is 14.3 Å². The van der Waals surface area contributed by atoms with Gasteiger partial charge in [-0.3, -0.25) is 9.36 Å². The van der Waals surface area contributed by atoms with Crippen LogP contribution in [0, 0.1) is 0 Å². The molecule has 9 heteroatoms. The summed E-state index contributed by atoms with van der Waals surface area (Å²) in [5, 5.41) is 0. The molecule has 0 saturated heterocycles. The molecule has 0 N–H and O–H groups in total. The number of rotatable bonds is 44. The summed E-state index contributed by atoms with van der Waals surface area (Å²) in [6, 6.07) is 0. The van der Waals surface area contributed by atoms with Crippen molar-refractivity contribution in [2.75, 3.05) is 54.1 Å². The van der Waals surface area contributed by atoms with Gasteiger partial charge in [0, 0.05) is 13.0 Å². The molecule has 0 aliphatic heterocycles.